The Morgan fingerprint density at radius 3 is 3.12 bits per heavy atom. The van der Waals surface area contributed by atoms with Crippen LogP contribution in [0.2, 0.25) is 0 Å². The fourth-order valence-electron chi connectivity index (χ4n) is 1.84. The van der Waals surface area contributed by atoms with Crippen LogP contribution in [0.4, 0.5) is 10.2 Å². The Hall–Kier alpha value is -1.27. The Bertz CT molecular complexity index is 382. The molecule has 1 aromatic heterocycles. The number of nitrogens with one attached hydrogen (secondary N) is 1. The van der Waals surface area contributed by atoms with Gasteiger partial charge in [-0.3, -0.25) is 0 Å². The molecule has 5 nitrogen and oxygen atoms in total. The van der Waals surface area contributed by atoms with Crippen molar-refractivity contribution >= 4 is 5.82 Å². The van der Waals surface area contributed by atoms with Crippen LogP contribution < -0.4 is 10.2 Å². The molecule has 94 valence electrons. The first-order chi connectivity index (χ1) is 8.18. The maximum atomic E-state index is 13.8. The van der Waals surface area contributed by atoms with Gasteiger partial charge >= 0.3 is 0 Å². The summed E-state index contributed by atoms with van der Waals surface area (Å²) >= 11 is 0. The van der Waals surface area contributed by atoms with Gasteiger partial charge in [0.25, 0.3) is 0 Å². The molecule has 6 heteroatoms. The van der Waals surface area contributed by atoms with Crippen LogP contribution in [0.25, 0.3) is 0 Å². The number of hydrogen-bond donors (Lipinski definition) is 1. The summed E-state index contributed by atoms with van der Waals surface area (Å²) in [5, 5.41) is 3.24. The number of hydrogen-bond acceptors (Lipinski definition) is 5. The lowest BCUT2D eigenvalue weighted by molar-refractivity contribution is 0.0338. The van der Waals surface area contributed by atoms with Gasteiger partial charge in [-0.25, -0.2) is 14.4 Å². The van der Waals surface area contributed by atoms with E-state index in [-0.39, 0.29) is 11.9 Å². The molecule has 1 N–H and O–H groups in total. The Morgan fingerprint density at radius 1 is 1.59 bits per heavy atom. The smallest absolute Gasteiger partial charge is 0.186 e. The molecule has 0 aliphatic carbocycles. The summed E-state index contributed by atoms with van der Waals surface area (Å²) < 4.78 is 19.4. The van der Waals surface area contributed by atoms with E-state index >= 15 is 0 Å². The van der Waals surface area contributed by atoms with Crippen molar-refractivity contribution in [3.8, 4) is 0 Å². The van der Waals surface area contributed by atoms with Gasteiger partial charge in [-0.1, -0.05) is 0 Å². The normalized spacial score (nSPS) is 20.3. The van der Waals surface area contributed by atoms with Gasteiger partial charge in [-0.15, -0.1) is 0 Å². The predicted molar refractivity (Wildman–Crippen MR) is 62.6 cm³/mol. The van der Waals surface area contributed by atoms with Gasteiger partial charge in [0, 0.05) is 26.7 Å². The second kappa shape index (κ2) is 5.37. The van der Waals surface area contributed by atoms with Crippen molar-refractivity contribution < 1.29 is 9.13 Å². The van der Waals surface area contributed by atoms with E-state index in [2.05, 4.69) is 15.3 Å². The molecule has 0 aromatic carbocycles. The molecule has 2 heterocycles. The summed E-state index contributed by atoms with van der Waals surface area (Å²) in [7, 11) is 1.81. The number of morpholine rings is 1. The van der Waals surface area contributed by atoms with Gasteiger partial charge in [0.1, 0.15) is 6.33 Å². The molecular weight excluding hydrogens is 223 g/mol. The van der Waals surface area contributed by atoms with E-state index < -0.39 is 0 Å². The van der Waals surface area contributed by atoms with Crippen LogP contribution in [0.1, 0.15) is 5.69 Å². The lowest BCUT2D eigenvalue weighted by atomic mass is 10.3. The zero-order valence-electron chi connectivity index (χ0n) is 10.1. The number of rotatable bonds is 3. The third-order valence-corrected chi connectivity index (χ3v) is 2.79. The molecule has 1 atom stereocenters. The number of likely N-dealkylation sites (N-methyl/N-ethyl adjacent to an activating group) is 1. The van der Waals surface area contributed by atoms with E-state index in [1.807, 2.05) is 7.05 Å². The van der Waals surface area contributed by atoms with Crippen LogP contribution in [0.5, 0.6) is 0 Å². The molecule has 0 bridgehead atoms. The van der Waals surface area contributed by atoms with Crippen molar-refractivity contribution in [1.82, 2.24) is 15.3 Å². The van der Waals surface area contributed by atoms with E-state index in [0.717, 1.165) is 13.1 Å². The highest BCUT2D eigenvalue weighted by atomic mass is 19.1. The van der Waals surface area contributed by atoms with E-state index in [0.29, 0.717) is 24.7 Å². The minimum Gasteiger partial charge on any atom is -0.374 e. The summed E-state index contributed by atoms with van der Waals surface area (Å²) in [4.78, 5) is 9.55. The number of nitrogens with zero attached hydrogens (tertiary/aromatic N) is 3. The van der Waals surface area contributed by atoms with Gasteiger partial charge in [0.15, 0.2) is 11.6 Å². The second-order valence-electron chi connectivity index (χ2n) is 4.17. The zero-order chi connectivity index (χ0) is 12.3. The zero-order valence-corrected chi connectivity index (χ0v) is 10.1. The SMILES string of the molecule is Cc1ncnc(N(C)CC2CNCCO2)c1F. The van der Waals surface area contributed by atoms with Crippen molar-refractivity contribution in [1.29, 1.82) is 0 Å². The first-order valence-corrected chi connectivity index (χ1v) is 5.69. The molecular formula is C11H17FN4O. The molecule has 0 radical (unpaired) electrons. The van der Waals surface area contributed by atoms with Crippen molar-refractivity contribution in [2.24, 2.45) is 0 Å². The lowest BCUT2D eigenvalue weighted by Crippen LogP contribution is -2.44. The Labute approximate surface area is 100 Å². The Kier molecular flexibility index (Phi) is 3.86. The van der Waals surface area contributed by atoms with E-state index in [9.17, 15) is 4.39 Å². The number of aromatic nitrogens is 2. The molecule has 1 fully saturated rings. The molecule has 0 spiro atoms. The molecule has 17 heavy (non-hydrogen) atoms. The van der Waals surface area contributed by atoms with Crippen molar-refractivity contribution in [2.75, 3.05) is 38.2 Å². The average Bonchev–Trinajstić information content (AvgIpc) is 2.34. The molecule has 2 rings (SSSR count). The van der Waals surface area contributed by atoms with Crippen LogP contribution in [-0.2, 0) is 4.74 Å². The van der Waals surface area contributed by atoms with Crippen molar-refractivity contribution in [3.05, 3.63) is 17.8 Å². The third kappa shape index (κ3) is 2.89. The van der Waals surface area contributed by atoms with Crippen LogP contribution in [-0.4, -0.2) is 49.4 Å². The van der Waals surface area contributed by atoms with Gasteiger partial charge < -0.3 is 15.0 Å². The van der Waals surface area contributed by atoms with Gasteiger partial charge in [-0.2, -0.15) is 0 Å². The second-order valence-corrected chi connectivity index (χ2v) is 4.17. The highest BCUT2D eigenvalue weighted by Crippen LogP contribution is 2.16. The first-order valence-electron chi connectivity index (χ1n) is 5.69. The maximum Gasteiger partial charge on any atom is 0.186 e. The standard InChI is InChI=1S/C11H17FN4O/c1-8-10(12)11(15-7-14-8)16(2)6-9-5-13-3-4-17-9/h7,9,13H,3-6H2,1-2H3. The number of ether oxygens (including phenoxy) is 1. The molecule has 0 saturated carbocycles. The number of aryl methyl sites for hydroxylation is 1. The van der Waals surface area contributed by atoms with Gasteiger partial charge in [-0.05, 0) is 6.92 Å². The van der Waals surface area contributed by atoms with Crippen LogP contribution in [0.15, 0.2) is 6.33 Å². The summed E-state index contributed by atoms with van der Waals surface area (Å²) in [5.74, 6) is -0.0366. The molecule has 1 aliphatic heterocycles. The van der Waals surface area contributed by atoms with E-state index in [1.165, 1.54) is 6.33 Å². The van der Waals surface area contributed by atoms with E-state index in [1.54, 1.807) is 11.8 Å². The van der Waals surface area contributed by atoms with Gasteiger partial charge in [0.2, 0.25) is 0 Å². The average molecular weight is 240 g/mol. The summed E-state index contributed by atoms with van der Waals surface area (Å²) in [6, 6.07) is 0. The van der Waals surface area contributed by atoms with E-state index in [4.69, 9.17) is 4.74 Å². The number of anilines is 1. The van der Waals surface area contributed by atoms with Gasteiger partial charge in [0.05, 0.1) is 18.4 Å². The quantitative estimate of drug-likeness (QED) is 0.826. The first kappa shape index (κ1) is 12.2. The monoisotopic (exact) mass is 240 g/mol. The predicted octanol–water partition coefficient (Wildman–Crippen LogP) is 0.349. The minimum atomic E-state index is -0.362. The molecule has 1 aliphatic rings. The van der Waals surface area contributed by atoms with Crippen LogP contribution >= 0.6 is 0 Å². The summed E-state index contributed by atoms with van der Waals surface area (Å²) in [5.41, 5.74) is 0.365. The Balaban J connectivity index is 2.03. The molecule has 0 amide bonds. The largest absolute Gasteiger partial charge is 0.374 e. The van der Waals surface area contributed by atoms with Crippen molar-refractivity contribution in [3.63, 3.8) is 0 Å². The summed E-state index contributed by atoms with van der Waals surface area (Å²) in [6.45, 7) is 4.61. The Morgan fingerprint density at radius 2 is 2.41 bits per heavy atom. The highest BCUT2D eigenvalue weighted by molar-refractivity contribution is 5.39. The van der Waals surface area contributed by atoms with Crippen LogP contribution in [0.3, 0.4) is 0 Å². The maximum absolute atomic E-state index is 13.8. The molecule has 1 unspecified atom stereocenters. The van der Waals surface area contributed by atoms with Crippen molar-refractivity contribution in [2.45, 2.75) is 13.0 Å². The minimum absolute atomic E-state index is 0.0726. The third-order valence-electron chi connectivity index (χ3n) is 2.79. The molecule has 1 saturated heterocycles. The lowest BCUT2D eigenvalue weighted by Gasteiger charge is -2.28. The highest BCUT2D eigenvalue weighted by Gasteiger charge is 2.19. The summed E-state index contributed by atoms with van der Waals surface area (Å²) in [6.07, 6.45) is 1.45. The molecule has 1 aromatic rings. The fraction of sp³-hybridized carbons (Fsp3) is 0.636. The fourth-order valence-corrected chi connectivity index (χ4v) is 1.84. The van der Waals surface area contributed by atoms with Crippen LogP contribution in [0, 0.1) is 12.7 Å². The topological polar surface area (TPSA) is 50.3 Å². The number of halogens is 1.